The Morgan fingerprint density at radius 1 is 1.10 bits per heavy atom. The third-order valence-electron chi connectivity index (χ3n) is 4.07. The fraction of sp³-hybridized carbons (Fsp3) is 0.312. The molecule has 0 bridgehead atoms. The number of rotatable bonds is 2. The molecule has 1 aliphatic carbocycles. The average molecular weight is 280 g/mol. The van der Waals surface area contributed by atoms with E-state index in [9.17, 15) is 4.79 Å². The fourth-order valence-electron chi connectivity index (χ4n) is 2.98. The summed E-state index contributed by atoms with van der Waals surface area (Å²) in [5, 5.41) is 4.23. The predicted octanol–water partition coefficient (Wildman–Crippen LogP) is 1.82. The Morgan fingerprint density at radius 3 is 2.76 bits per heavy atom. The molecule has 21 heavy (non-hydrogen) atoms. The zero-order valence-electron chi connectivity index (χ0n) is 11.7. The summed E-state index contributed by atoms with van der Waals surface area (Å²) in [4.78, 5) is 17.2. The van der Waals surface area contributed by atoms with Crippen LogP contribution in [0.25, 0.3) is 5.78 Å². The lowest BCUT2D eigenvalue weighted by Gasteiger charge is -2.13. The molecule has 0 saturated heterocycles. The standard InChI is InChI=1S/C16H16N4O/c21-15-13-8-4-5-9-14(13)18-16-19(11-17-20(15)16)10-12-6-2-1-3-7-12/h1-3,6-7,11H,4-5,8-10H2. The van der Waals surface area contributed by atoms with Crippen LogP contribution in [0.5, 0.6) is 0 Å². The van der Waals surface area contributed by atoms with Gasteiger partial charge in [-0.1, -0.05) is 30.3 Å². The van der Waals surface area contributed by atoms with Gasteiger partial charge in [-0.25, -0.2) is 4.98 Å². The molecule has 2 heterocycles. The Labute approximate surface area is 121 Å². The Hall–Kier alpha value is -2.43. The van der Waals surface area contributed by atoms with Crippen molar-refractivity contribution in [3.8, 4) is 0 Å². The van der Waals surface area contributed by atoms with Crippen LogP contribution in [0.2, 0.25) is 0 Å². The van der Waals surface area contributed by atoms with Crippen molar-refractivity contribution in [1.82, 2.24) is 19.2 Å². The van der Waals surface area contributed by atoms with Crippen LogP contribution < -0.4 is 5.56 Å². The molecule has 106 valence electrons. The van der Waals surface area contributed by atoms with Crippen molar-refractivity contribution in [1.29, 1.82) is 0 Å². The van der Waals surface area contributed by atoms with Gasteiger partial charge in [-0.15, -0.1) is 0 Å². The zero-order valence-corrected chi connectivity index (χ0v) is 11.7. The van der Waals surface area contributed by atoms with Gasteiger partial charge in [0.1, 0.15) is 6.33 Å². The van der Waals surface area contributed by atoms with Gasteiger partial charge >= 0.3 is 0 Å². The third-order valence-corrected chi connectivity index (χ3v) is 4.07. The number of aryl methyl sites for hydroxylation is 1. The first-order chi connectivity index (χ1) is 10.3. The molecule has 0 atom stereocenters. The highest BCUT2D eigenvalue weighted by Gasteiger charge is 2.18. The monoisotopic (exact) mass is 280 g/mol. The van der Waals surface area contributed by atoms with Gasteiger partial charge in [-0.2, -0.15) is 9.61 Å². The quantitative estimate of drug-likeness (QED) is 0.719. The molecule has 0 radical (unpaired) electrons. The molecule has 5 heteroatoms. The van der Waals surface area contributed by atoms with Gasteiger partial charge in [0.15, 0.2) is 0 Å². The summed E-state index contributed by atoms with van der Waals surface area (Å²) in [5.74, 6) is 0.643. The number of hydrogen-bond acceptors (Lipinski definition) is 3. The van der Waals surface area contributed by atoms with Crippen molar-refractivity contribution < 1.29 is 0 Å². The predicted molar refractivity (Wildman–Crippen MR) is 79.4 cm³/mol. The molecule has 0 aliphatic heterocycles. The molecular weight excluding hydrogens is 264 g/mol. The van der Waals surface area contributed by atoms with Crippen LogP contribution in [0.4, 0.5) is 0 Å². The van der Waals surface area contributed by atoms with Crippen molar-refractivity contribution in [3.63, 3.8) is 0 Å². The average Bonchev–Trinajstić information content (AvgIpc) is 2.92. The van der Waals surface area contributed by atoms with Gasteiger partial charge in [-0.05, 0) is 31.2 Å². The summed E-state index contributed by atoms with van der Waals surface area (Å²) in [6.07, 6.45) is 5.61. The molecule has 0 spiro atoms. The minimum absolute atomic E-state index is 0.00140. The zero-order chi connectivity index (χ0) is 14.2. The van der Waals surface area contributed by atoms with E-state index in [0.717, 1.165) is 36.9 Å². The van der Waals surface area contributed by atoms with Crippen LogP contribution in [0.15, 0.2) is 41.5 Å². The number of fused-ring (bicyclic) bond motifs is 2. The Kier molecular flexibility index (Phi) is 2.84. The molecule has 0 amide bonds. The van der Waals surface area contributed by atoms with Crippen molar-refractivity contribution in [3.05, 3.63) is 63.8 Å². The SMILES string of the molecule is O=c1c2c(nc3n(Cc4ccccc4)cnn13)CCCC2. The highest BCUT2D eigenvalue weighted by molar-refractivity contribution is 5.35. The maximum absolute atomic E-state index is 12.5. The largest absolute Gasteiger partial charge is 0.295 e. The van der Waals surface area contributed by atoms with Gasteiger partial charge in [0.2, 0.25) is 5.78 Å². The van der Waals surface area contributed by atoms with E-state index in [2.05, 4.69) is 17.2 Å². The number of hydrogen-bond donors (Lipinski definition) is 0. The van der Waals surface area contributed by atoms with E-state index in [-0.39, 0.29) is 5.56 Å². The highest BCUT2D eigenvalue weighted by Crippen LogP contribution is 2.17. The summed E-state index contributed by atoms with van der Waals surface area (Å²) in [6.45, 7) is 0.676. The summed E-state index contributed by atoms with van der Waals surface area (Å²) >= 11 is 0. The van der Waals surface area contributed by atoms with Crippen molar-refractivity contribution in [2.75, 3.05) is 0 Å². The van der Waals surface area contributed by atoms with E-state index in [0.29, 0.717) is 12.3 Å². The summed E-state index contributed by atoms with van der Waals surface area (Å²) in [7, 11) is 0. The molecule has 2 aromatic heterocycles. The summed E-state index contributed by atoms with van der Waals surface area (Å²) < 4.78 is 3.37. The van der Waals surface area contributed by atoms with Crippen molar-refractivity contribution >= 4 is 5.78 Å². The van der Waals surface area contributed by atoms with Crippen LogP contribution in [0.1, 0.15) is 29.7 Å². The Balaban J connectivity index is 1.85. The Morgan fingerprint density at radius 2 is 1.90 bits per heavy atom. The molecule has 0 N–H and O–H groups in total. The molecule has 1 aromatic carbocycles. The minimum atomic E-state index is 0.00140. The van der Waals surface area contributed by atoms with Gasteiger partial charge in [0, 0.05) is 5.56 Å². The molecule has 0 unspecified atom stereocenters. The van der Waals surface area contributed by atoms with E-state index >= 15 is 0 Å². The first-order valence-electron chi connectivity index (χ1n) is 7.33. The van der Waals surface area contributed by atoms with Crippen LogP contribution in [-0.2, 0) is 19.4 Å². The van der Waals surface area contributed by atoms with Crippen LogP contribution in [-0.4, -0.2) is 19.2 Å². The van der Waals surface area contributed by atoms with Gasteiger partial charge < -0.3 is 0 Å². The number of benzene rings is 1. The summed E-state index contributed by atoms with van der Waals surface area (Å²) in [5.41, 5.74) is 2.98. The lowest BCUT2D eigenvalue weighted by Crippen LogP contribution is -2.25. The molecule has 4 rings (SSSR count). The van der Waals surface area contributed by atoms with E-state index in [4.69, 9.17) is 4.98 Å². The fourth-order valence-corrected chi connectivity index (χ4v) is 2.98. The van der Waals surface area contributed by atoms with E-state index < -0.39 is 0 Å². The second kappa shape index (κ2) is 4.84. The van der Waals surface area contributed by atoms with Crippen molar-refractivity contribution in [2.45, 2.75) is 32.2 Å². The maximum Gasteiger partial charge on any atom is 0.279 e. The second-order valence-electron chi connectivity index (χ2n) is 5.51. The summed E-state index contributed by atoms with van der Waals surface area (Å²) in [6, 6.07) is 10.1. The Bertz CT molecular complexity index is 848. The first-order valence-corrected chi connectivity index (χ1v) is 7.33. The van der Waals surface area contributed by atoms with Crippen LogP contribution in [0, 0.1) is 0 Å². The topological polar surface area (TPSA) is 52.2 Å². The molecule has 5 nitrogen and oxygen atoms in total. The van der Waals surface area contributed by atoms with Crippen molar-refractivity contribution in [2.24, 2.45) is 0 Å². The highest BCUT2D eigenvalue weighted by atomic mass is 16.1. The number of nitrogens with zero attached hydrogens (tertiary/aromatic N) is 4. The molecule has 3 aromatic rings. The van der Waals surface area contributed by atoms with E-state index in [1.165, 1.54) is 10.1 Å². The molecular formula is C16H16N4O. The van der Waals surface area contributed by atoms with Crippen LogP contribution in [0.3, 0.4) is 0 Å². The molecule has 1 aliphatic rings. The van der Waals surface area contributed by atoms with Gasteiger partial charge in [0.25, 0.3) is 5.56 Å². The lowest BCUT2D eigenvalue weighted by molar-refractivity contribution is 0.648. The van der Waals surface area contributed by atoms with E-state index in [1.807, 2.05) is 22.8 Å². The normalized spacial score (nSPS) is 14.3. The second-order valence-corrected chi connectivity index (χ2v) is 5.51. The molecule has 0 fully saturated rings. The molecule has 0 saturated carbocycles. The minimum Gasteiger partial charge on any atom is -0.295 e. The lowest BCUT2D eigenvalue weighted by atomic mass is 9.97. The maximum atomic E-state index is 12.5. The third kappa shape index (κ3) is 2.05. The smallest absolute Gasteiger partial charge is 0.279 e. The van der Waals surface area contributed by atoms with E-state index in [1.54, 1.807) is 6.33 Å². The van der Waals surface area contributed by atoms with Gasteiger partial charge in [-0.3, -0.25) is 9.36 Å². The number of aromatic nitrogens is 4. The van der Waals surface area contributed by atoms with Crippen LogP contribution >= 0.6 is 0 Å². The van der Waals surface area contributed by atoms with Gasteiger partial charge in [0.05, 0.1) is 12.2 Å². The first kappa shape index (κ1) is 12.3.